The highest BCUT2D eigenvalue weighted by molar-refractivity contribution is 8.00. The van der Waals surface area contributed by atoms with Crippen molar-refractivity contribution in [1.29, 1.82) is 0 Å². The lowest BCUT2D eigenvalue weighted by atomic mass is 9.77. The smallest absolute Gasteiger partial charge is 0.0741 e. The number of hydrogen-bond acceptors (Lipinski definition) is 2. The van der Waals surface area contributed by atoms with Gasteiger partial charge in [0.2, 0.25) is 0 Å². The van der Waals surface area contributed by atoms with E-state index >= 15 is 0 Å². The highest BCUT2D eigenvalue weighted by atomic mass is 32.2. The predicted molar refractivity (Wildman–Crippen MR) is 78.9 cm³/mol. The highest BCUT2D eigenvalue weighted by Crippen LogP contribution is 2.43. The van der Waals surface area contributed by atoms with E-state index in [9.17, 15) is 5.11 Å². The molecule has 1 aliphatic carbocycles. The van der Waals surface area contributed by atoms with Crippen LogP contribution in [0.1, 0.15) is 33.1 Å². The van der Waals surface area contributed by atoms with Crippen molar-refractivity contribution in [3.05, 3.63) is 42.5 Å². The van der Waals surface area contributed by atoms with Crippen LogP contribution in [0.15, 0.2) is 47.4 Å². The molecule has 2 rings (SSSR count). The van der Waals surface area contributed by atoms with Crippen molar-refractivity contribution in [3.8, 4) is 0 Å². The molecule has 1 fully saturated rings. The fourth-order valence-electron chi connectivity index (χ4n) is 2.54. The average molecular weight is 262 g/mol. The fourth-order valence-corrected chi connectivity index (χ4v) is 3.89. The minimum Gasteiger partial charge on any atom is -0.389 e. The average Bonchev–Trinajstić information content (AvgIpc) is 2.33. The van der Waals surface area contributed by atoms with Crippen LogP contribution in [-0.2, 0) is 0 Å². The van der Waals surface area contributed by atoms with Crippen LogP contribution in [0.2, 0.25) is 0 Å². The summed E-state index contributed by atoms with van der Waals surface area (Å²) in [6.07, 6.45) is 2.96. The minimum atomic E-state index is -0.563. The van der Waals surface area contributed by atoms with Gasteiger partial charge in [0, 0.05) is 10.1 Å². The van der Waals surface area contributed by atoms with Gasteiger partial charge in [-0.3, -0.25) is 0 Å². The van der Waals surface area contributed by atoms with Crippen LogP contribution in [0.25, 0.3) is 0 Å². The van der Waals surface area contributed by atoms with Gasteiger partial charge in [0.15, 0.2) is 0 Å². The van der Waals surface area contributed by atoms with E-state index in [-0.39, 0.29) is 5.25 Å². The largest absolute Gasteiger partial charge is 0.389 e. The lowest BCUT2D eigenvalue weighted by molar-refractivity contribution is 0.0194. The molecule has 1 saturated carbocycles. The molecule has 0 aromatic heterocycles. The molecular weight excluding hydrogens is 240 g/mol. The van der Waals surface area contributed by atoms with Gasteiger partial charge in [0.1, 0.15) is 0 Å². The second kappa shape index (κ2) is 5.50. The van der Waals surface area contributed by atoms with Crippen LogP contribution in [0.3, 0.4) is 0 Å². The lowest BCUT2D eigenvalue weighted by Gasteiger charge is -2.40. The fraction of sp³-hybridized carbons (Fsp3) is 0.500. The summed E-state index contributed by atoms with van der Waals surface area (Å²) in [6, 6.07) is 10.4. The molecule has 1 aromatic carbocycles. The molecule has 0 saturated heterocycles. The second-order valence-corrected chi connectivity index (χ2v) is 6.87. The van der Waals surface area contributed by atoms with Crippen molar-refractivity contribution in [2.45, 2.75) is 48.9 Å². The molecule has 18 heavy (non-hydrogen) atoms. The number of aliphatic hydroxyl groups is 1. The summed E-state index contributed by atoms with van der Waals surface area (Å²) in [5.74, 6) is 0.562. The summed E-state index contributed by atoms with van der Waals surface area (Å²) >= 11 is 1.80. The monoisotopic (exact) mass is 262 g/mol. The van der Waals surface area contributed by atoms with E-state index in [0.717, 1.165) is 19.3 Å². The maximum atomic E-state index is 10.5. The van der Waals surface area contributed by atoms with Crippen molar-refractivity contribution >= 4 is 11.8 Å². The zero-order valence-electron chi connectivity index (χ0n) is 11.2. The van der Waals surface area contributed by atoms with Gasteiger partial charge in [-0.25, -0.2) is 0 Å². The Morgan fingerprint density at radius 1 is 1.39 bits per heavy atom. The number of allylic oxidation sites excluding steroid dienone is 1. The quantitative estimate of drug-likeness (QED) is 0.821. The van der Waals surface area contributed by atoms with Crippen molar-refractivity contribution in [1.82, 2.24) is 0 Å². The molecule has 0 spiro atoms. The highest BCUT2D eigenvalue weighted by Gasteiger charge is 2.39. The molecule has 1 aliphatic rings. The molecule has 0 unspecified atom stereocenters. The van der Waals surface area contributed by atoms with Crippen LogP contribution in [0.5, 0.6) is 0 Å². The van der Waals surface area contributed by atoms with Gasteiger partial charge in [0.05, 0.1) is 5.60 Å². The molecule has 0 amide bonds. The standard InChI is InChI=1S/C16H22OS/c1-12(2)13-9-10-16(3,17)15(11-13)18-14-7-5-4-6-8-14/h4-8,13,15,17H,1,9-11H2,2-3H3/t13-,15+,16+/m1/s1. The summed E-state index contributed by atoms with van der Waals surface area (Å²) in [5, 5.41) is 10.8. The summed E-state index contributed by atoms with van der Waals surface area (Å²) < 4.78 is 0. The van der Waals surface area contributed by atoms with E-state index in [0.29, 0.717) is 5.92 Å². The van der Waals surface area contributed by atoms with Gasteiger partial charge in [-0.15, -0.1) is 11.8 Å². The first kappa shape index (κ1) is 13.7. The van der Waals surface area contributed by atoms with Crippen molar-refractivity contribution in [3.63, 3.8) is 0 Å². The normalized spacial score (nSPS) is 32.2. The van der Waals surface area contributed by atoms with Gasteiger partial charge in [-0.05, 0) is 51.2 Å². The van der Waals surface area contributed by atoms with E-state index in [1.165, 1.54) is 10.5 Å². The SMILES string of the molecule is C=C(C)[C@@H]1CC[C@](C)(O)[C@@H](Sc2ccccc2)C1. The van der Waals surface area contributed by atoms with Gasteiger partial charge < -0.3 is 5.11 Å². The number of thioether (sulfide) groups is 1. The molecule has 3 atom stereocenters. The van der Waals surface area contributed by atoms with Gasteiger partial charge >= 0.3 is 0 Å². The molecule has 0 bridgehead atoms. The molecule has 1 aromatic rings. The third kappa shape index (κ3) is 3.18. The Kier molecular flexibility index (Phi) is 4.18. The molecule has 98 valence electrons. The predicted octanol–water partition coefficient (Wildman–Crippen LogP) is 4.27. The van der Waals surface area contributed by atoms with E-state index < -0.39 is 5.60 Å². The van der Waals surface area contributed by atoms with E-state index in [1.807, 2.05) is 13.0 Å². The van der Waals surface area contributed by atoms with Gasteiger partial charge in [0.25, 0.3) is 0 Å². The maximum Gasteiger partial charge on any atom is 0.0741 e. The van der Waals surface area contributed by atoms with Crippen LogP contribution in [-0.4, -0.2) is 16.0 Å². The first-order chi connectivity index (χ1) is 8.49. The van der Waals surface area contributed by atoms with Crippen LogP contribution in [0.4, 0.5) is 0 Å². The molecule has 2 heteroatoms. The third-order valence-electron chi connectivity index (χ3n) is 3.91. The molecular formula is C16H22OS. The molecule has 1 nitrogen and oxygen atoms in total. The van der Waals surface area contributed by atoms with Crippen molar-refractivity contribution in [2.24, 2.45) is 5.92 Å². The first-order valence-electron chi connectivity index (χ1n) is 6.58. The molecule has 0 heterocycles. The Labute approximate surface area is 114 Å². The minimum absolute atomic E-state index is 0.260. The van der Waals surface area contributed by atoms with Crippen molar-refractivity contribution in [2.75, 3.05) is 0 Å². The van der Waals surface area contributed by atoms with Gasteiger partial charge in [-0.1, -0.05) is 30.4 Å². The van der Waals surface area contributed by atoms with Crippen LogP contribution >= 0.6 is 11.8 Å². The van der Waals surface area contributed by atoms with E-state index in [2.05, 4.69) is 37.8 Å². The first-order valence-corrected chi connectivity index (χ1v) is 7.46. The molecule has 0 radical (unpaired) electrons. The zero-order valence-corrected chi connectivity index (χ0v) is 12.0. The Balaban J connectivity index is 2.10. The van der Waals surface area contributed by atoms with E-state index in [1.54, 1.807) is 11.8 Å². The van der Waals surface area contributed by atoms with Crippen molar-refractivity contribution < 1.29 is 5.11 Å². The lowest BCUT2D eigenvalue weighted by Crippen LogP contribution is -2.42. The van der Waals surface area contributed by atoms with Crippen LogP contribution < -0.4 is 0 Å². The Morgan fingerprint density at radius 3 is 2.67 bits per heavy atom. The second-order valence-electron chi connectivity index (χ2n) is 5.59. The number of rotatable bonds is 3. The summed E-state index contributed by atoms with van der Waals surface area (Å²) in [5.41, 5.74) is 0.691. The van der Waals surface area contributed by atoms with Gasteiger partial charge in [-0.2, -0.15) is 0 Å². The number of benzene rings is 1. The Bertz CT molecular complexity index is 410. The topological polar surface area (TPSA) is 20.2 Å². The summed E-state index contributed by atoms with van der Waals surface area (Å²) in [6.45, 7) is 8.16. The van der Waals surface area contributed by atoms with Crippen LogP contribution in [0, 0.1) is 5.92 Å². The molecule has 1 N–H and O–H groups in total. The summed E-state index contributed by atoms with van der Waals surface area (Å²) in [7, 11) is 0. The Hall–Kier alpha value is -0.730. The maximum absolute atomic E-state index is 10.5. The number of hydrogen-bond donors (Lipinski definition) is 1. The third-order valence-corrected chi connectivity index (χ3v) is 5.44. The summed E-state index contributed by atoms with van der Waals surface area (Å²) in [4.78, 5) is 1.24. The van der Waals surface area contributed by atoms with E-state index in [4.69, 9.17) is 0 Å². The Morgan fingerprint density at radius 2 is 2.06 bits per heavy atom. The zero-order chi connectivity index (χ0) is 13.2. The molecule has 0 aliphatic heterocycles.